The molecule has 1 aliphatic rings. The van der Waals surface area contributed by atoms with Gasteiger partial charge in [-0.15, -0.1) is 0 Å². The average molecular weight is 257 g/mol. The zero-order valence-electron chi connectivity index (χ0n) is 11.2. The highest BCUT2D eigenvalue weighted by molar-refractivity contribution is 5.79. The number of carbonyl (C=O) groups is 1. The Bertz CT molecular complexity index is 602. The second-order valence-electron chi connectivity index (χ2n) is 5.16. The molecule has 2 heterocycles. The lowest BCUT2D eigenvalue weighted by atomic mass is 9.89. The van der Waals surface area contributed by atoms with Gasteiger partial charge in [-0.05, 0) is 31.4 Å². The van der Waals surface area contributed by atoms with Crippen LogP contribution in [0.15, 0.2) is 24.4 Å². The number of rotatable bonds is 3. The summed E-state index contributed by atoms with van der Waals surface area (Å²) in [6, 6.07) is 6.03. The first-order valence-corrected chi connectivity index (χ1v) is 7.02. The molecule has 0 saturated carbocycles. The summed E-state index contributed by atoms with van der Waals surface area (Å²) < 4.78 is 2.12. The summed E-state index contributed by atoms with van der Waals surface area (Å²) in [5.74, 6) is 0.289. The van der Waals surface area contributed by atoms with Crippen LogP contribution in [0, 0.1) is 5.92 Å². The van der Waals surface area contributed by atoms with Gasteiger partial charge in [0.1, 0.15) is 5.65 Å². The first-order valence-electron chi connectivity index (χ1n) is 7.02. The van der Waals surface area contributed by atoms with E-state index in [4.69, 9.17) is 0 Å². The third-order valence-corrected chi connectivity index (χ3v) is 3.80. The molecule has 4 heteroatoms. The fourth-order valence-corrected chi connectivity index (χ4v) is 2.77. The SMILES string of the molecule is CCCNC(=O)C1CCc2nc3ccccn3c2C1. The number of carbonyl (C=O) groups excluding carboxylic acids is 1. The van der Waals surface area contributed by atoms with Gasteiger partial charge in [0.25, 0.3) is 0 Å². The summed E-state index contributed by atoms with van der Waals surface area (Å²) in [7, 11) is 0. The molecule has 0 fully saturated rings. The van der Waals surface area contributed by atoms with Gasteiger partial charge in [-0.1, -0.05) is 13.0 Å². The highest BCUT2D eigenvalue weighted by Crippen LogP contribution is 2.26. The Kier molecular flexibility index (Phi) is 3.23. The van der Waals surface area contributed by atoms with Crippen molar-refractivity contribution >= 4 is 11.6 Å². The molecule has 2 aromatic rings. The second kappa shape index (κ2) is 5.03. The molecule has 1 atom stereocenters. The first-order chi connectivity index (χ1) is 9.29. The van der Waals surface area contributed by atoms with E-state index in [-0.39, 0.29) is 11.8 Å². The molecule has 1 unspecified atom stereocenters. The van der Waals surface area contributed by atoms with Gasteiger partial charge >= 0.3 is 0 Å². The minimum atomic E-state index is 0.0964. The van der Waals surface area contributed by atoms with Crippen LogP contribution in [0.2, 0.25) is 0 Å². The fourth-order valence-electron chi connectivity index (χ4n) is 2.77. The van der Waals surface area contributed by atoms with Gasteiger partial charge in [-0.3, -0.25) is 4.79 Å². The smallest absolute Gasteiger partial charge is 0.223 e. The molecule has 1 N–H and O–H groups in total. The lowest BCUT2D eigenvalue weighted by molar-refractivity contribution is -0.125. The second-order valence-corrected chi connectivity index (χ2v) is 5.16. The van der Waals surface area contributed by atoms with Gasteiger partial charge in [-0.2, -0.15) is 0 Å². The summed E-state index contributed by atoms with van der Waals surface area (Å²) in [5.41, 5.74) is 3.35. The molecule has 2 aromatic heterocycles. The maximum absolute atomic E-state index is 12.1. The number of pyridine rings is 1. The lowest BCUT2D eigenvalue weighted by Gasteiger charge is -2.21. The fraction of sp³-hybridized carbons (Fsp3) is 0.467. The van der Waals surface area contributed by atoms with Crippen LogP contribution in [0.5, 0.6) is 0 Å². The van der Waals surface area contributed by atoms with Crippen LogP contribution in [0.25, 0.3) is 5.65 Å². The van der Waals surface area contributed by atoms with E-state index in [1.165, 1.54) is 5.69 Å². The summed E-state index contributed by atoms with van der Waals surface area (Å²) in [6.45, 7) is 2.85. The maximum Gasteiger partial charge on any atom is 0.223 e. The monoisotopic (exact) mass is 257 g/mol. The maximum atomic E-state index is 12.1. The van der Waals surface area contributed by atoms with E-state index in [1.54, 1.807) is 0 Å². The van der Waals surface area contributed by atoms with Crippen molar-refractivity contribution in [3.8, 4) is 0 Å². The van der Waals surface area contributed by atoms with Gasteiger partial charge < -0.3 is 9.72 Å². The van der Waals surface area contributed by atoms with Crippen LogP contribution >= 0.6 is 0 Å². The van der Waals surface area contributed by atoms with E-state index in [9.17, 15) is 4.79 Å². The minimum Gasteiger partial charge on any atom is -0.356 e. The molecule has 100 valence electrons. The van der Waals surface area contributed by atoms with E-state index in [2.05, 4.69) is 21.6 Å². The predicted molar refractivity (Wildman–Crippen MR) is 74.0 cm³/mol. The van der Waals surface area contributed by atoms with Crippen LogP contribution in [0.4, 0.5) is 0 Å². The third kappa shape index (κ3) is 2.23. The quantitative estimate of drug-likeness (QED) is 0.913. The van der Waals surface area contributed by atoms with Gasteiger partial charge in [-0.25, -0.2) is 4.98 Å². The number of amides is 1. The third-order valence-electron chi connectivity index (χ3n) is 3.80. The number of hydrogen-bond acceptors (Lipinski definition) is 2. The van der Waals surface area contributed by atoms with Crippen molar-refractivity contribution < 1.29 is 4.79 Å². The molecule has 0 aromatic carbocycles. The lowest BCUT2D eigenvalue weighted by Crippen LogP contribution is -2.34. The average Bonchev–Trinajstić information content (AvgIpc) is 2.82. The largest absolute Gasteiger partial charge is 0.356 e. The normalized spacial score (nSPS) is 18.3. The van der Waals surface area contributed by atoms with Gasteiger partial charge in [0.2, 0.25) is 5.91 Å². The van der Waals surface area contributed by atoms with E-state index < -0.39 is 0 Å². The number of hydrogen-bond donors (Lipinski definition) is 1. The molecule has 19 heavy (non-hydrogen) atoms. The van der Waals surface area contributed by atoms with E-state index in [1.807, 2.05) is 24.4 Å². The Morgan fingerprint density at radius 3 is 3.26 bits per heavy atom. The van der Waals surface area contributed by atoms with Crippen molar-refractivity contribution in [2.45, 2.75) is 32.6 Å². The molecule has 1 amide bonds. The van der Waals surface area contributed by atoms with Gasteiger partial charge in [0.15, 0.2) is 0 Å². The number of fused-ring (bicyclic) bond motifs is 3. The van der Waals surface area contributed by atoms with Crippen molar-refractivity contribution in [3.63, 3.8) is 0 Å². The zero-order chi connectivity index (χ0) is 13.2. The molecule has 0 aliphatic heterocycles. The Morgan fingerprint density at radius 1 is 1.53 bits per heavy atom. The number of aryl methyl sites for hydroxylation is 1. The van der Waals surface area contributed by atoms with E-state index in [0.717, 1.165) is 43.6 Å². The summed E-state index contributed by atoms with van der Waals surface area (Å²) >= 11 is 0. The molecule has 1 aliphatic carbocycles. The molecule has 3 rings (SSSR count). The highest BCUT2D eigenvalue weighted by Gasteiger charge is 2.27. The van der Waals surface area contributed by atoms with Crippen molar-refractivity contribution in [1.29, 1.82) is 0 Å². The summed E-state index contributed by atoms with van der Waals surface area (Å²) in [5, 5.41) is 3.00. The van der Waals surface area contributed by atoms with Crippen LogP contribution in [0.1, 0.15) is 31.2 Å². The molecule has 0 bridgehead atoms. The first kappa shape index (κ1) is 12.2. The number of nitrogens with zero attached hydrogens (tertiary/aromatic N) is 2. The van der Waals surface area contributed by atoms with Crippen LogP contribution in [0.3, 0.4) is 0 Å². The molecule has 4 nitrogen and oxygen atoms in total. The Balaban J connectivity index is 1.84. The number of nitrogens with one attached hydrogen (secondary N) is 1. The summed E-state index contributed by atoms with van der Waals surface area (Å²) in [4.78, 5) is 16.7. The Morgan fingerprint density at radius 2 is 2.42 bits per heavy atom. The van der Waals surface area contributed by atoms with Gasteiger partial charge in [0, 0.05) is 30.8 Å². The van der Waals surface area contributed by atoms with E-state index >= 15 is 0 Å². The van der Waals surface area contributed by atoms with Crippen molar-refractivity contribution in [2.75, 3.05) is 6.54 Å². The number of imidazole rings is 1. The molecule has 0 radical (unpaired) electrons. The molecular weight excluding hydrogens is 238 g/mol. The number of aromatic nitrogens is 2. The predicted octanol–water partition coefficient (Wildman–Crippen LogP) is 1.97. The standard InChI is InChI=1S/C15H19N3O/c1-2-8-16-15(19)11-6-7-12-13(10-11)18-9-4-3-5-14(18)17-12/h3-5,9,11H,2,6-8,10H2,1H3,(H,16,19). The molecule has 0 spiro atoms. The summed E-state index contributed by atoms with van der Waals surface area (Å²) in [6.07, 6.45) is 5.64. The molecule has 0 saturated heterocycles. The molecular formula is C15H19N3O. The van der Waals surface area contributed by atoms with Crippen molar-refractivity contribution in [1.82, 2.24) is 14.7 Å². The van der Waals surface area contributed by atoms with Crippen molar-refractivity contribution in [3.05, 3.63) is 35.8 Å². The van der Waals surface area contributed by atoms with Crippen molar-refractivity contribution in [2.24, 2.45) is 5.92 Å². The Hall–Kier alpha value is -1.84. The van der Waals surface area contributed by atoms with Crippen LogP contribution < -0.4 is 5.32 Å². The van der Waals surface area contributed by atoms with E-state index in [0.29, 0.717) is 0 Å². The van der Waals surface area contributed by atoms with Crippen LogP contribution in [-0.4, -0.2) is 21.8 Å². The highest BCUT2D eigenvalue weighted by atomic mass is 16.1. The van der Waals surface area contributed by atoms with Gasteiger partial charge in [0.05, 0.1) is 5.69 Å². The Labute approximate surface area is 112 Å². The minimum absolute atomic E-state index is 0.0964. The zero-order valence-corrected chi connectivity index (χ0v) is 11.2. The van der Waals surface area contributed by atoms with Crippen LogP contribution in [-0.2, 0) is 17.6 Å². The topological polar surface area (TPSA) is 46.4 Å².